The van der Waals surface area contributed by atoms with Crippen LogP contribution in [0.4, 0.5) is 5.69 Å². The van der Waals surface area contributed by atoms with Gasteiger partial charge in [-0.1, -0.05) is 26.0 Å². The third-order valence-electron chi connectivity index (χ3n) is 3.36. The molecule has 120 valence electrons. The van der Waals surface area contributed by atoms with Crippen molar-refractivity contribution in [3.63, 3.8) is 0 Å². The predicted molar refractivity (Wildman–Crippen MR) is 89.7 cm³/mol. The summed E-state index contributed by atoms with van der Waals surface area (Å²) in [5, 5.41) is 2.69. The fourth-order valence-corrected chi connectivity index (χ4v) is 2.18. The van der Waals surface area contributed by atoms with E-state index in [0.29, 0.717) is 5.69 Å². The van der Waals surface area contributed by atoms with Crippen LogP contribution in [0, 0.1) is 5.92 Å². The minimum Gasteiger partial charge on any atom is -0.497 e. The molecule has 1 N–H and O–H groups in total. The zero-order chi connectivity index (χ0) is 17.0. The maximum absolute atomic E-state index is 12.3. The summed E-state index contributed by atoms with van der Waals surface area (Å²) in [5.74, 6) is 0.182. The van der Waals surface area contributed by atoms with E-state index in [0.717, 1.165) is 16.9 Å². The largest absolute Gasteiger partial charge is 0.497 e. The second kappa shape index (κ2) is 7.05. The van der Waals surface area contributed by atoms with Gasteiger partial charge in [-0.25, -0.2) is 0 Å². The van der Waals surface area contributed by atoms with Crippen molar-refractivity contribution in [1.29, 1.82) is 0 Å². The Morgan fingerprint density at radius 1 is 1.17 bits per heavy atom. The Bertz CT molecular complexity index is 739. The van der Waals surface area contributed by atoms with E-state index >= 15 is 0 Å². The maximum atomic E-state index is 12.3. The standard InChI is InChI=1S/C18H20N2O3/c1-11(2)18(22)17-16(20-12(3)21)9-14(10-19-17)13-6-5-7-15(8-13)23-4/h5-11H,1-4H3,(H,20,21). The number of nitrogens with one attached hydrogen (secondary N) is 1. The Morgan fingerprint density at radius 3 is 2.52 bits per heavy atom. The minimum absolute atomic E-state index is 0.106. The van der Waals surface area contributed by atoms with E-state index in [1.165, 1.54) is 6.92 Å². The number of carbonyl (C=O) groups is 2. The molecule has 1 amide bonds. The average Bonchev–Trinajstić information content (AvgIpc) is 2.53. The lowest BCUT2D eigenvalue weighted by Gasteiger charge is -2.12. The molecule has 0 aliphatic heterocycles. The van der Waals surface area contributed by atoms with E-state index < -0.39 is 0 Å². The van der Waals surface area contributed by atoms with Crippen molar-refractivity contribution in [3.8, 4) is 16.9 Å². The summed E-state index contributed by atoms with van der Waals surface area (Å²) in [7, 11) is 1.60. The fraction of sp³-hybridized carbons (Fsp3) is 0.278. The first-order valence-corrected chi connectivity index (χ1v) is 7.38. The van der Waals surface area contributed by atoms with Crippen molar-refractivity contribution in [2.24, 2.45) is 5.92 Å². The molecule has 0 saturated carbocycles. The average molecular weight is 312 g/mol. The van der Waals surface area contributed by atoms with Crippen LogP contribution in [0.25, 0.3) is 11.1 Å². The molecule has 0 aliphatic carbocycles. The smallest absolute Gasteiger partial charge is 0.221 e. The van der Waals surface area contributed by atoms with Crippen molar-refractivity contribution >= 4 is 17.4 Å². The van der Waals surface area contributed by atoms with Crippen LogP contribution < -0.4 is 10.1 Å². The molecule has 5 heteroatoms. The molecular weight excluding hydrogens is 292 g/mol. The predicted octanol–water partition coefficient (Wildman–Crippen LogP) is 3.55. The lowest BCUT2D eigenvalue weighted by molar-refractivity contribution is -0.114. The summed E-state index contributed by atoms with van der Waals surface area (Å²) in [5.41, 5.74) is 2.40. The molecular formula is C18H20N2O3. The van der Waals surface area contributed by atoms with E-state index in [1.807, 2.05) is 24.3 Å². The highest BCUT2D eigenvalue weighted by molar-refractivity contribution is 6.04. The number of ether oxygens (including phenoxy) is 1. The third-order valence-corrected chi connectivity index (χ3v) is 3.36. The number of anilines is 1. The topological polar surface area (TPSA) is 68.3 Å². The van der Waals surface area contributed by atoms with Crippen LogP contribution in [0.1, 0.15) is 31.3 Å². The minimum atomic E-state index is -0.243. The van der Waals surface area contributed by atoms with Gasteiger partial charge < -0.3 is 10.1 Å². The number of methoxy groups -OCH3 is 1. The number of carbonyl (C=O) groups excluding carboxylic acids is 2. The van der Waals surface area contributed by atoms with Crippen LogP contribution in [-0.2, 0) is 4.79 Å². The van der Waals surface area contributed by atoms with Gasteiger partial charge in [0.2, 0.25) is 5.91 Å². The molecule has 23 heavy (non-hydrogen) atoms. The molecule has 0 unspecified atom stereocenters. The molecule has 0 saturated heterocycles. The maximum Gasteiger partial charge on any atom is 0.221 e. The van der Waals surface area contributed by atoms with Crippen molar-refractivity contribution in [3.05, 3.63) is 42.2 Å². The van der Waals surface area contributed by atoms with Gasteiger partial charge in [-0.05, 0) is 23.8 Å². The second-order valence-corrected chi connectivity index (χ2v) is 5.55. The van der Waals surface area contributed by atoms with E-state index in [4.69, 9.17) is 4.74 Å². The lowest BCUT2D eigenvalue weighted by Crippen LogP contribution is -2.16. The first-order valence-electron chi connectivity index (χ1n) is 7.38. The van der Waals surface area contributed by atoms with Gasteiger partial charge >= 0.3 is 0 Å². The van der Waals surface area contributed by atoms with Crippen molar-refractivity contribution < 1.29 is 14.3 Å². The molecule has 0 aliphatic rings. The zero-order valence-electron chi connectivity index (χ0n) is 13.7. The number of amides is 1. The number of nitrogens with zero attached hydrogens (tertiary/aromatic N) is 1. The number of hydrogen-bond donors (Lipinski definition) is 1. The van der Waals surface area contributed by atoms with Crippen LogP contribution in [0.2, 0.25) is 0 Å². The van der Waals surface area contributed by atoms with Crippen molar-refractivity contribution in [1.82, 2.24) is 4.98 Å². The van der Waals surface area contributed by atoms with Crippen LogP contribution in [0.5, 0.6) is 5.75 Å². The number of rotatable bonds is 5. The molecule has 0 bridgehead atoms. The van der Waals surface area contributed by atoms with Crippen LogP contribution in [-0.4, -0.2) is 23.8 Å². The summed E-state index contributed by atoms with van der Waals surface area (Å²) < 4.78 is 5.22. The van der Waals surface area contributed by atoms with Crippen LogP contribution in [0.3, 0.4) is 0 Å². The molecule has 0 spiro atoms. The fourth-order valence-electron chi connectivity index (χ4n) is 2.18. The van der Waals surface area contributed by atoms with Gasteiger partial charge in [-0.3, -0.25) is 14.6 Å². The Kier molecular flexibility index (Phi) is 5.11. The van der Waals surface area contributed by atoms with Gasteiger partial charge in [0.15, 0.2) is 5.78 Å². The monoisotopic (exact) mass is 312 g/mol. The highest BCUT2D eigenvalue weighted by Crippen LogP contribution is 2.27. The van der Waals surface area contributed by atoms with Gasteiger partial charge in [0.05, 0.1) is 12.8 Å². The summed E-state index contributed by atoms with van der Waals surface area (Å²) in [6.45, 7) is 5.01. The van der Waals surface area contributed by atoms with E-state index in [1.54, 1.807) is 33.2 Å². The Labute approximate surface area is 135 Å². The number of hydrogen-bond acceptors (Lipinski definition) is 4. The van der Waals surface area contributed by atoms with Gasteiger partial charge in [-0.2, -0.15) is 0 Å². The van der Waals surface area contributed by atoms with Crippen molar-refractivity contribution in [2.75, 3.05) is 12.4 Å². The Morgan fingerprint density at radius 2 is 1.91 bits per heavy atom. The lowest BCUT2D eigenvalue weighted by atomic mass is 10.0. The quantitative estimate of drug-likeness (QED) is 0.857. The summed E-state index contributed by atoms with van der Waals surface area (Å²) in [4.78, 5) is 28.0. The molecule has 0 atom stereocenters. The van der Waals surface area contributed by atoms with E-state index in [-0.39, 0.29) is 23.3 Å². The highest BCUT2D eigenvalue weighted by Gasteiger charge is 2.18. The van der Waals surface area contributed by atoms with Gasteiger partial charge in [-0.15, -0.1) is 0 Å². The molecule has 2 aromatic rings. The van der Waals surface area contributed by atoms with Crippen molar-refractivity contribution in [2.45, 2.75) is 20.8 Å². The third kappa shape index (κ3) is 3.94. The molecule has 2 rings (SSSR count). The normalized spacial score (nSPS) is 10.5. The van der Waals surface area contributed by atoms with E-state index in [9.17, 15) is 9.59 Å². The molecule has 5 nitrogen and oxygen atoms in total. The number of Topliss-reactive ketones (excluding diaryl/α,β-unsaturated/α-hetero) is 1. The number of ketones is 1. The molecule has 0 fully saturated rings. The number of aromatic nitrogens is 1. The first kappa shape index (κ1) is 16.7. The Hall–Kier alpha value is -2.69. The first-order chi connectivity index (χ1) is 10.9. The van der Waals surface area contributed by atoms with Gasteiger partial charge in [0.1, 0.15) is 11.4 Å². The number of pyridine rings is 1. The van der Waals surface area contributed by atoms with Gasteiger partial charge in [0.25, 0.3) is 0 Å². The molecule has 1 heterocycles. The second-order valence-electron chi connectivity index (χ2n) is 5.55. The highest BCUT2D eigenvalue weighted by atomic mass is 16.5. The van der Waals surface area contributed by atoms with Crippen LogP contribution >= 0.6 is 0 Å². The molecule has 1 aromatic carbocycles. The van der Waals surface area contributed by atoms with Crippen LogP contribution in [0.15, 0.2) is 36.5 Å². The summed E-state index contributed by atoms with van der Waals surface area (Å²) >= 11 is 0. The molecule has 1 aromatic heterocycles. The zero-order valence-corrected chi connectivity index (χ0v) is 13.7. The summed E-state index contributed by atoms with van der Waals surface area (Å²) in [6.07, 6.45) is 1.63. The Balaban J connectivity index is 2.50. The summed E-state index contributed by atoms with van der Waals surface area (Å²) in [6, 6.07) is 9.28. The number of benzene rings is 1. The molecule has 0 radical (unpaired) electrons. The van der Waals surface area contributed by atoms with E-state index in [2.05, 4.69) is 10.3 Å². The van der Waals surface area contributed by atoms with Gasteiger partial charge in [0, 0.05) is 24.6 Å². The SMILES string of the molecule is COc1cccc(-c2cnc(C(=O)C(C)C)c(NC(C)=O)c2)c1.